The van der Waals surface area contributed by atoms with Gasteiger partial charge in [0.05, 0.1) is 22.8 Å². The predicted molar refractivity (Wildman–Crippen MR) is 81.6 cm³/mol. The molecule has 0 fully saturated rings. The van der Waals surface area contributed by atoms with Crippen LogP contribution in [0.1, 0.15) is 22.8 Å². The number of primary amides is 1. The molecule has 2 N–H and O–H groups in total. The summed E-state index contributed by atoms with van der Waals surface area (Å²) < 4.78 is 44.5. The average molecular weight is 344 g/mol. The fourth-order valence-electron chi connectivity index (χ4n) is 2.17. The van der Waals surface area contributed by atoms with Crippen LogP contribution in [0.3, 0.4) is 0 Å². The number of rotatable bonds is 4. The normalized spacial score (nSPS) is 11.3. The molecule has 2 aromatic carbocycles. The molecule has 122 valence electrons. The van der Waals surface area contributed by atoms with Crippen molar-refractivity contribution in [3.63, 3.8) is 0 Å². The summed E-state index contributed by atoms with van der Waals surface area (Å²) in [6.45, 7) is 1.93. The molecular weight excluding hydrogens is 331 g/mol. The number of hydrogen-bond acceptors (Lipinski definition) is 2. The van der Waals surface area contributed by atoms with Gasteiger partial charge in [-0.25, -0.2) is 0 Å². The van der Waals surface area contributed by atoms with E-state index in [1.165, 1.54) is 18.2 Å². The average Bonchev–Trinajstić information content (AvgIpc) is 2.47. The molecule has 0 saturated carbocycles. The molecule has 2 rings (SSSR count). The van der Waals surface area contributed by atoms with Crippen molar-refractivity contribution in [2.24, 2.45) is 5.73 Å². The SMILES string of the molecule is CCOc1c(C(N)=O)cccc1-c1ccc(Cl)c(C(F)(F)F)c1. The molecule has 1 amide bonds. The molecule has 0 atom stereocenters. The van der Waals surface area contributed by atoms with Crippen molar-refractivity contribution in [3.05, 3.63) is 52.5 Å². The summed E-state index contributed by atoms with van der Waals surface area (Å²) in [6, 6.07) is 8.05. The van der Waals surface area contributed by atoms with Gasteiger partial charge in [0.2, 0.25) is 0 Å². The minimum absolute atomic E-state index is 0.104. The van der Waals surface area contributed by atoms with E-state index in [1.807, 2.05) is 0 Å². The standard InChI is InChI=1S/C16H13ClF3NO2/c1-2-23-14-10(4-3-5-11(14)15(21)22)9-6-7-13(17)12(8-9)16(18,19)20/h3-8H,2H2,1H3,(H2,21,22). The summed E-state index contributed by atoms with van der Waals surface area (Å²) in [7, 11) is 0. The quantitative estimate of drug-likeness (QED) is 0.887. The van der Waals surface area contributed by atoms with E-state index in [0.29, 0.717) is 5.56 Å². The van der Waals surface area contributed by atoms with E-state index in [0.717, 1.165) is 12.1 Å². The molecule has 23 heavy (non-hydrogen) atoms. The third kappa shape index (κ3) is 3.59. The van der Waals surface area contributed by atoms with Crippen LogP contribution in [0.5, 0.6) is 5.75 Å². The van der Waals surface area contributed by atoms with Crippen LogP contribution in [0.2, 0.25) is 5.02 Å². The first-order chi connectivity index (χ1) is 10.8. The monoisotopic (exact) mass is 343 g/mol. The lowest BCUT2D eigenvalue weighted by molar-refractivity contribution is -0.137. The number of hydrogen-bond donors (Lipinski definition) is 1. The van der Waals surface area contributed by atoms with Gasteiger partial charge in [-0.15, -0.1) is 0 Å². The number of carbonyl (C=O) groups excluding carboxylic acids is 1. The van der Waals surface area contributed by atoms with Gasteiger partial charge in [-0.05, 0) is 30.7 Å². The smallest absolute Gasteiger partial charge is 0.417 e. The minimum Gasteiger partial charge on any atom is -0.492 e. The topological polar surface area (TPSA) is 52.3 Å². The molecule has 0 aromatic heterocycles. The Morgan fingerprint density at radius 3 is 2.52 bits per heavy atom. The summed E-state index contributed by atoms with van der Waals surface area (Å²) in [6.07, 6.45) is -4.58. The van der Waals surface area contributed by atoms with Crippen LogP contribution < -0.4 is 10.5 Å². The molecule has 0 aliphatic rings. The van der Waals surface area contributed by atoms with Gasteiger partial charge in [-0.3, -0.25) is 4.79 Å². The van der Waals surface area contributed by atoms with Crippen LogP contribution in [-0.4, -0.2) is 12.5 Å². The van der Waals surface area contributed by atoms with E-state index < -0.39 is 22.7 Å². The molecule has 0 aliphatic carbocycles. The molecule has 0 unspecified atom stereocenters. The Morgan fingerprint density at radius 2 is 1.96 bits per heavy atom. The van der Waals surface area contributed by atoms with Crippen molar-refractivity contribution < 1.29 is 22.7 Å². The van der Waals surface area contributed by atoms with Crippen LogP contribution >= 0.6 is 11.6 Å². The predicted octanol–water partition coefficient (Wildman–Crippen LogP) is 4.52. The van der Waals surface area contributed by atoms with Crippen molar-refractivity contribution in [2.75, 3.05) is 6.61 Å². The number of ether oxygens (including phenoxy) is 1. The lowest BCUT2D eigenvalue weighted by atomic mass is 9.99. The number of benzene rings is 2. The van der Waals surface area contributed by atoms with Crippen molar-refractivity contribution in [2.45, 2.75) is 13.1 Å². The van der Waals surface area contributed by atoms with Gasteiger partial charge in [0.25, 0.3) is 5.91 Å². The first-order valence-corrected chi connectivity index (χ1v) is 7.06. The first kappa shape index (κ1) is 17.1. The number of alkyl halides is 3. The molecule has 3 nitrogen and oxygen atoms in total. The molecule has 7 heteroatoms. The van der Waals surface area contributed by atoms with Gasteiger partial charge in [0.1, 0.15) is 5.75 Å². The second-order valence-corrected chi connectivity index (χ2v) is 5.08. The summed E-state index contributed by atoms with van der Waals surface area (Å²) in [4.78, 5) is 11.5. The van der Waals surface area contributed by atoms with E-state index in [2.05, 4.69) is 0 Å². The second-order valence-electron chi connectivity index (χ2n) is 4.67. The number of halogens is 4. The molecule has 0 spiro atoms. The van der Waals surface area contributed by atoms with Crippen LogP contribution in [0.4, 0.5) is 13.2 Å². The van der Waals surface area contributed by atoms with E-state index in [4.69, 9.17) is 22.1 Å². The van der Waals surface area contributed by atoms with E-state index in [9.17, 15) is 18.0 Å². The summed E-state index contributed by atoms with van der Waals surface area (Å²) in [5, 5.41) is -0.398. The molecule has 0 saturated heterocycles. The van der Waals surface area contributed by atoms with Gasteiger partial charge >= 0.3 is 6.18 Å². The Bertz CT molecular complexity index is 745. The van der Waals surface area contributed by atoms with Crippen LogP contribution in [-0.2, 0) is 6.18 Å². The summed E-state index contributed by atoms with van der Waals surface area (Å²) in [5.41, 5.74) is 5.01. The highest BCUT2D eigenvalue weighted by atomic mass is 35.5. The Labute approximate surface area is 135 Å². The molecular formula is C16H13ClF3NO2. The fraction of sp³-hybridized carbons (Fsp3) is 0.188. The Morgan fingerprint density at radius 1 is 1.26 bits per heavy atom. The second kappa shape index (κ2) is 6.50. The van der Waals surface area contributed by atoms with Crippen molar-refractivity contribution in [1.29, 1.82) is 0 Å². The van der Waals surface area contributed by atoms with Crippen molar-refractivity contribution in [3.8, 4) is 16.9 Å². The summed E-state index contributed by atoms with van der Waals surface area (Å²) >= 11 is 5.63. The van der Waals surface area contributed by atoms with Gasteiger partial charge < -0.3 is 10.5 Å². The zero-order chi connectivity index (χ0) is 17.2. The lowest BCUT2D eigenvalue weighted by Gasteiger charge is -2.15. The minimum atomic E-state index is -4.58. The number of nitrogens with two attached hydrogens (primary N) is 1. The van der Waals surface area contributed by atoms with Gasteiger partial charge in [0, 0.05) is 5.56 Å². The third-order valence-electron chi connectivity index (χ3n) is 3.15. The van der Waals surface area contributed by atoms with Crippen molar-refractivity contribution >= 4 is 17.5 Å². The maximum absolute atomic E-state index is 13.0. The highest BCUT2D eigenvalue weighted by Gasteiger charge is 2.33. The fourth-order valence-corrected chi connectivity index (χ4v) is 2.39. The van der Waals surface area contributed by atoms with Gasteiger partial charge in [-0.2, -0.15) is 13.2 Å². The van der Waals surface area contributed by atoms with Gasteiger partial charge in [-0.1, -0.05) is 29.8 Å². The maximum atomic E-state index is 13.0. The molecule has 0 bridgehead atoms. The highest BCUT2D eigenvalue weighted by Crippen LogP contribution is 2.40. The van der Waals surface area contributed by atoms with Gasteiger partial charge in [0.15, 0.2) is 0 Å². The maximum Gasteiger partial charge on any atom is 0.417 e. The molecule has 0 radical (unpaired) electrons. The van der Waals surface area contributed by atoms with E-state index in [-0.39, 0.29) is 23.5 Å². The summed E-state index contributed by atoms with van der Waals surface area (Å²) in [5.74, 6) is -0.571. The Hall–Kier alpha value is -2.21. The Balaban J connectivity index is 2.67. The van der Waals surface area contributed by atoms with E-state index >= 15 is 0 Å². The lowest BCUT2D eigenvalue weighted by Crippen LogP contribution is -2.13. The molecule has 0 aliphatic heterocycles. The highest BCUT2D eigenvalue weighted by molar-refractivity contribution is 6.31. The van der Waals surface area contributed by atoms with Crippen molar-refractivity contribution in [1.82, 2.24) is 0 Å². The van der Waals surface area contributed by atoms with E-state index in [1.54, 1.807) is 13.0 Å². The van der Waals surface area contributed by atoms with Crippen LogP contribution in [0.15, 0.2) is 36.4 Å². The number of para-hydroxylation sites is 1. The number of amides is 1. The first-order valence-electron chi connectivity index (χ1n) is 6.68. The van der Waals surface area contributed by atoms with Crippen LogP contribution in [0, 0.1) is 0 Å². The number of carbonyl (C=O) groups is 1. The zero-order valence-electron chi connectivity index (χ0n) is 12.1. The largest absolute Gasteiger partial charge is 0.492 e. The third-order valence-corrected chi connectivity index (χ3v) is 3.48. The molecule has 2 aromatic rings. The Kier molecular flexibility index (Phi) is 4.85. The zero-order valence-corrected chi connectivity index (χ0v) is 12.8. The van der Waals surface area contributed by atoms with Crippen LogP contribution in [0.25, 0.3) is 11.1 Å². The molecule has 0 heterocycles.